The number of aromatic nitrogens is 1. The molecule has 0 fully saturated rings. The zero-order valence-electron chi connectivity index (χ0n) is 22.4. The van der Waals surface area contributed by atoms with Crippen molar-refractivity contribution in [2.75, 3.05) is 0 Å². The van der Waals surface area contributed by atoms with Gasteiger partial charge in [-0.25, -0.2) is 4.74 Å². The first-order valence-corrected chi connectivity index (χ1v) is 15.2. The topological polar surface area (TPSA) is 26.5 Å². The largest absolute Gasteiger partial charge is 0.455 e. The van der Waals surface area contributed by atoms with E-state index < -0.39 is 7.28 Å². The summed E-state index contributed by atoms with van der Waals surface area (Å²) in [7, 11) is -2.61. The molecule has 0 spiro atoms. The monoisotopic (exact) mass is 572 g/mol. The molecule has 0 bridgehead atoms. The zero-order valence-corrected chi connectivity index (χ0v) is 24.9. The molecular weight excluding hydrogens is 539 g/mol. The highest BCUT2D eigenvalue weighted by atomic mass is 79.9. The summed E-state index contributed by atoms with van der Waals surface area (Å²) in [5.41, 5.74) is 5.89. The molecule has 3 nitrogen and oxygen atoms in total. The van der Waals surface area contributed by atoms with Gasteiger partial charge in [0.2, 0.25) is 0 Å². The van der Waals surface area contributed by atoms with Crippen LogP contribution in [0, 0.1) is 13.8 Å². The maximum absolute atomic E-state index is 7.11. The van der Waals surface area contributed by atoms with Gasteiger partial charge in [-0.05, 0) is 80.9 Å². The van der Waals surface area contributed by atoms with Crippen LogP contribution in [0.3, 0.4) is 0 Å². The predicted molar refractivity (Wildman–Crippen MR) is 164 cm³/mol. The van der Waals surface area contributed by atoms with Gasteiger partial charge in [0.25, 0.3) is 0 Å². The van der Waals surface area contributed by atoms with Gasteiger partial charge in [-0.2, -0.15) is 0 Å². The molecule has 0 saturated carbocycles. The second-order valence-electron chi connectivity index (χ2n) is 10.6. The van der Waals surface area contributed by atoms with E-state index in [-0.39, 0.29) is 5.16 Å². The predicted octanol–water partition coefficient (Wildman–Crippen LogP) is 10.1. The molecule has 5 heteroatoms. The third kappa shape index (κ3) is 4.67. The molecule has 1 atom stereocenters. The Morgan fingerprint density at radius 3 is 2.22 bits per heavy atom. The molecule has 0 radical (unpaired) electrons. The summed E-state index contributed by atoms with van der Waals surface area (Å²) in [4.78, 5) is 0. The fourth-order valence-corrected chi connectivity index (χ4v) is 8.50. The van der Waals surface area contributed by atoms with Crippen molar-refractivity contribution in [3.63, 3.8) is 0 Å². The molecular formula is C32H34BrN2OP. The molecule has 1 aromatic heterocycles. The van der Waals surface area contributed by atoms with Crippen molar-refractivity contribution >= 4 is 56.0 Å². The number of halogens is 1. The maximum atomic E-state index is 7.11. The van der Waals surface area contributed by atoms with E-state index in [0.717, 1.165) is 33.3 Å². The van der Waals surface area contributed by atoms with Crippen molar-refractivity contribution < 1.29 is 4.52 Å². The minimum Gasteiger partial charge on any atom is -0.455 e. The van der Waals surface area contributed by atoms with E-state index >= 15 is 0 Å². The van der Waals surface area contributed by atoms with Gasteiger partial charge < -0.3 is 9.09 Å². The Morgan fingerprint density at radius 1 is 0.838 bits per heavy atom. The third-order valence-electron chi connectivity index (χ3n) is 6.98. The molecule has 0 amide bonds. The van der Waals surface area contributed by atoms with Crippen LogP contribution in [0.1, 0.15) is 38.8 Å². The van der Waals surface area contributed by atoms with Crippen molar-refractivity contribution in [1.82, 2.24) is 4.57 Å². The fraction of sp³-hybridized carbons (Fsp3) is 0.250. The average Bonchev–Trinajstić information content (AvgIpc) is 3.18. The highest BCUT2D eigenvalue weighted by Gasteiger charge is 2.39. The third-order valence-corrected chi connectivity index (χ3v) is 11.3. The number of nitrogens with zero attached hydrogens (tertiary/aromatic N) is 2. The van der Waals surface area contributed by atoms with Gasteiger partial charge in [0, 0.05) is 43.3 Å². The molecule has 0 saturated heterocycles. The molecule has 190 valence electrons. The second-order valence-corrected chi connectivity index (χ2v) is 15.0. The molecule has 0 N–H and O–H groups in total. The minimum atomic E-state index is -2.61. The normalized spacial score (nSPS) is 13.6. The molecule has 5 rings (SSSR count). The van der Waals surface area contributed by atoms with E-state index in [2.05, 4.69) is 123 Å². The first-order chi connectivity index (χ1) is 17.6. The first-order valence-electron chi connectivity index (χ1n) is 12.8. The standard InChI is InChI=1S/C32H34BrN2OP/c1-7-35-30-11-9-8-10-27(30)28-21-26(17-19-31(28)35)37(32(4,5)6,36-25-15-13-24(33)14-16-25)34-29-18-12-22(2)20-23(29)3/h8-21H,7H2,1-6H3/t37-/m1/s1. The molecule has 4 aromatic carbocycles. The van der Waals surface area contributed by atoms with Crippen molar-refractivity contribution in [3.05, 3.63) is 101 Å². The van der Waals surface area contributed by atoms with Crippen LogP contribution < -0.4 is 9.83 Å². The van der Waals surface area contributed by atoms with Crippen LogP contribution in [0.15, 0.2) is 94.1 Å². The van der Waals surface area contributed by atoms with Crippen LogP contribution in [0.25, 0.3) is 21.8 Å². The van der Waals surface area contributed by atoms with Gasteiger partial charge in [0.15, 0.2) is 7.28 Å². The zero-order chi connectivity index (χ0) is 26.4. The molecule has 0 aliphatic rings. The van der Waals surface area contributed by atoms with Crippen LogP contribution in [0.5, 0.6) is 5.75 Å². The first kappa shape index (κ1) is 25.8. The Labute approximate surface area is 228 Å². The van der Waals surface area contributed by atoms with Crippen LogP contribution in [0.4, 0.5) is 5.69 Å². The van der Waals surface area contributed by atoms with Crippen molar-refractivity contribution in [2.45, 2.75) is 53.2 Å². The summed E-state index contributed by atoms with van der Waals surface area (Å²) in [5.74, 6) is 0.830. The van der Waals surface area contributed by atoms with E-state index in [4.69, 9.17) is 9.27 Å². The van der Waals surface area contributed by atoms with E-state index in [0.29, 0.717) is 0 Å². The Morgan fingerprint density at radius 2 is 1.54 bits per heavy atom. The van der Waals surface area contributed by atoms with Gasteiger partial charge in [0.1, 0.15) is 5.75 Å². The van der Waals surface area contributed by atoms with Gasteiger partial charge in [-0.1, -0.05) is 72.6 Å². The number of fused-ring (bicyclic) bond motifs is 3. The Hall–Kier alpha value is -2.81. The van der Waals surface area contributed by atoms with Crippen LogP contribution in [0.2, 0.25) is 0 Å². The molecule has 37 heavy (non-hydrogen) atoms. The Kier molecular flexibility index (Phi) is 6.85. The summed E-state index contributed by atoms with van der Waals surface area (Å²) in [6.45, 7) is 14.2. The summed E-state index contributed by atoms with van der Waals surface area (Å²) in [6, 6.07) is 30.1. The number of rotatable bonds is 5. The molecule has 5 aromatic rings. The van der Waals surface area contributed by atoms with Crippen LogP contribution in [-0.2, 0) is 6.54 Å². The Balaban J connectivity index is 1.86. The summed E-state index contributed by atoms with van der Waals surface area (Å²) in [6.07, 6.45) is 0. The smallest absolute Gasteiger partial charge is 0.173 e. The van der Waals surface area contributed by atoms with Crippen LogP contribution in [-0.4, -0.2) is 9.72 Å². The van der Waals surface area contributed by atoms with Crippen molar-refractivity contribution in [1.29, 1.82) is 0 Å². The lowest BCUT2D eigenvalue weighted by Gasteiger charge is -2.37. The number of hydrogen-bond donors (Lipinski definition) is 0. The lowest BCUT2D eigenvalue weighted by atomic mass is 10.1. The second kappa shape index (κ2) is 9.82. The van der Waals surface area contributed by atoms with E-state index in [1.165, 1.54) is 27.4 Å². The highest BCUT2D eigenvalue weighted by molar-refractivity contribution is 9.10. The summed E-state index contributed by atoms with van der Waals surface area (Å²) in [5, 5.41) is 3.41. The summed E-state index contributed by atoms with van der Waals surface area (Å²) < 4.78 is 16.1. The van der Waals surface area contributed by atoms with E-state index in [9.17, 15) is 0 Å². The van der Waals surface area contributed by atoms with Gasteiger partial charge >= 0.3 is 0 Å². The van der Waals surface area contributed by atoms with Crippen LogP contribution >= 0.6 is 23.2 Å². The number of benzene rings is 4. The fourth-order valence-electron chi connectivity index (χ4n) is 5.09. The van der Waals surface area contributed by atoms with Crippen molar-refractivity contribution in [2.24, 2.45) is 4.74 Å². The average molecular weight is 574 g/mol. The maximum Gasteiger partial charge on any atom is 0.173 e. The van der Waals surface area contributed by atoms with E-state index in [1.807, 2.05) is 24.3 Å². The minimum absolute atomic E-state index is 0.256. The molecule has 0 aliphatic carbocycles. The highest BCUT2D eigenvalue weighted by Crippen LogP contribution is 2.62. The lowest BCUT2D eigenvalue weighted by molar-refractivity contribution is 0.571. The van der Waals surface area contributed by atoms with E-state index in [1.54, 1.807) is 0 Å². The molecule has 1 heterocycles. The summed E-state index contributed by atoms with van der Waals surface area (Å²) >= 11 is 3.57. The number of para-hydroxylation sites is 1. The quantitative estimate of drug-likeness (QED) is 0.192. The number of hydrogen-bond acceptors (Lipinski definition) is 2. The molecule has 0 unspecified atom stereocenters. The Bertz CT molecular complexity index is 1660. The lowest BCUT2D eigenvalue weighted by Crippen LogP contribution is -2.27. The van der Waals surface area contributed by atoms with Gasteiger partial charge in [0.05, 0.1) is 5.69 Å². The number of aryl methyl sites for hydroxylation is 3. The van der Waals surface area contributed by atoms with Gasteiger partial charge in [-0.3, -0.25) is 0 Å². The van der Waals surface area contributed by atoms with Crippen molar-refractivity contribution in [3.8, 4) is 5.75 Å². The molecule has 0 aliphatic heterocycles. The SMILES string of the molecule is CCn1c2ccccc2c2cc([P@@](=Nc3ccc(C)cc3C)(Oc3ccc(Br)cc3)C(C)(C)C)ccc21. The van der Waals surface area contributed by atoms with Gasteiger partial charge in [-0.15, -0.1) is 0 Å².